The fourth-order valence-electron chi connectivity index (χ4n) is 2.63. The van der Waals surface area contributed by atoms with Crippen LogP contribution in [0.3, 0.4) is 0 Å². The van der Waals surface area contributed by atoms with Crippen LogP contribution in [0.2, 0.25) is 0 Å². The van der Waals surface area contributed by atoms with Crippen molar-refractivity contribution >= 4 is 17.4 Å². The number of nitro groups is 1. The number of nitrogens with one attached hydrogen (secondary N) is 1. The summed E-state index contributed by atoms with van der Waals surface area (Å²) in [7, 11) is 0. The van der Waals surface area contributed by atoms with Crippen molar-refractivity contribution in [1.29, 1.82) is 0 Å². The van der Waals surface area contributed by atoms with E-state index in [-0.39, 0.29) is 17.5 Å². The smallest absolute Gasteiger partial charge is 0.311 e. The maximum Gasteiger partial charge on any atom is 0.311 e. The molecule has 8 nitrogen and oxygen atoms in total. The Morgan fingerprint density at radius 2 is 2.05 bits per heavy atom. The Labute approximate surface area is 121 Å². The molecule has 2 aliphatic heterocycles. The molecular weight excluding hydrogens is 274 g/mol. The molecule has 2 aliphatic rings. The van der Waals surface area contributed by atoms with Gasteiger partial charge in [-0.2, -0.15) is 0 Å². The Kier molecular flexibility index (Phi) is 3.70. The highest BCUT2D eigenvalue weighted by Gasteiger charge is 2.32. The monoisotopic (exact) mass is 291 g/mol. The molecule has 0 saturated carbocycles. The second kappa shape index (κ2) is 5.65. The number of anilines is 1. The summed E-state index contributed by atoms with van der Waals surface area (Å²) in [6, 6.07) is 3.02. The van der Waals surface area contributed by atoms with Crippen LogP contribution in [0, 0.1) is 16.0 Å². The Bertz CT molecular complexity index is 552. The van der Waals surface area contributed by atoms with Gasteiger partial charge in [-0.1, -0.05) is 0 Å². The first-order chi connectivity index (χ1) is 10.2. The number of rotatable bonds is 3. The maximum absolute atomic E-state index is 12.1. The van der Waals surface area contributed by atoms with Gasteiger partial charge in [-0.15, -0.1) is 0 Å². The van der Waals surface area contributed by atoms with Crippen LogP contribution in [0.4, 0.5) is 11.5 Å². The third kappa shape index (κ3) is 2.66. The molecule has 3 rings (SSSR count). The molecule has 2 fully saturated rings. The lowest BCUT2D eigenvalue weighted by Gasteiger charge is -2.38. The highest BCUT2D eigenvalue weighted by atomic mass is 16.6. The zero-order valence-corrected chi connectivity index (χ0v) is 11.6. The highest BCUT2D eigenvalue weighted by molar-refractivity contribution is 5.80. The molecule has 112 valence electrons. The van der Waals surface area contributed by atoms with Crippen molar-refractivity contribution in [3.63, 3.8) is 0 Å². The first kappa shape index (κ1) is 13.7. The Hall–Kier alpha value is -2.22. The van der Waals surface area contributed by atoms with Gasteiger partial charge in [0.15, 0.2) is 0 Å². The Balaban J connectivity index is 1.66. The number of hydrogen-bond acceptors (Lipinski definition) is 6. The molecule has 0 atom stereocenters. The van der Waals surface area contributed by atoms with Crippen molar-refractivity contribution in [1.82, 2.24) is 15.2 Å². The quantitative estimate of drug-likeness (QED) is 0.615. The van der Waals surface area contributed by atoms with Gasteiger partial charge in [-0.05, 0) is 6.07 Å². The van der Waals surface area contributed by atoms with Crippen molar-refractivity contribution in [3.8, 4) is 0 Å². The molecule has 0 radical (unpaired) electrons. The van der Waals surface area contributed by atoms with Crippen LogP contribution in [-0.4, -0.2) is 60.0 Å². The van der Waals surface area contributed by atoms with Crippen LogP contribution in [0.1, 0.15) is 0 Å². The van der Waals surface area contributed by atoms with Gasteiger partial charge in [0, 0.05) is 51.5 Å². The number of carbonyl (C=O) groups is 1. The molecule has 0 spiro atoms. The lowest BCUT2D eigenvalue weighted by Crippen LogP contribution is -2.56. The van der Waals surface area contributed by atoms with Crippen molar-refractivity contribution in [2.24, 2.45) is 5.92 Å². The van der Waals surface area contributed by atoms with Crippen molar-refractivity contribution in [2.45, 2.75) is 0 Å². The molecule has 2 saturated heterocycles. The first-order valence-corrected chi connectivity index (χ1v) is 7.00. The van der Waals surface area contributed by atoms with E-state index in [2.05, 4.69) is 10.3 Å². The standard InChI is InChI=1S/C13H17N5O3/c19-13(10-8-14-9-10)17-6-4-16(5-7-17)12-11(18(20)21)2-1-3-15-12/h1-3,10,14H,4-9H2. The Morgan fingerprint density at radius 1 is 1.33 bits per heavy atom. The minimum atomic E-state index is -0.417. The van der Waals surface area contributed by atoms with Crippen molar-refractivity contribution in [2.75, 3.05) is 44.2 Å². The van der Waals surface area contributed by atoms with Gasteiger partial charge in [-0.3, -0.25) is 14.9 Å². The van der Waals surface area contributed by atoms with Gasteiger partial charge in [0.2, 0.25) is 11.7 Å². The normalized spacial score (nSPS) is 19.2. The predicted molar refractivity (Wildman–Crippen MR) is 76.0 cm³/mol. The summed E-state index contributed by atoms with van der Waals surface area (Å²) in [5.74, 6) is 0.671. The molecule has 1 amide bonds. The minimum absolute atomic E-state index is 0.0143. The molecule has 0 aromatic carbocycles. The molecule has 1 aromatic rings. The molecule has 0 unspecified atom stereocenters. The van der Waals surface area contributed by atoms with Crippen LogP contribution < -0.4 is 10.2 Å². The second-order valence-electron chi connectivity index (χ2n) is 5.27. The van der Waals surface area contributed by atoms with Gasteiger partial charge in [0.05, 0.1) is 10.8 Å². The summed E-state index contributed by atoms with van der Waals surface area (Å²) in [6.45, 7) is 3.83. The molecule has 8 heteroatoms. The summed E-state index contributed by atoms with van der Waals surface area (Å²) < 4.78 is 0. The number of piperazine rings is 1. The first-order valence-electron chi connectivity index (χ1n) is 7.00. The number of aromatic nitrogens is 1. The van der Waals surface area contributed by atoms with Gasteiger partial charge in [-0.25, -0.2) is 4.98 Å². The van der Waals surface area contributed by atoms with E-state index in [1.807, 2.05) is 9.80 Å². The topological polar surface area (TPSA) is 91.6 Å². The van der Waals surface area contributed by atoms with Crippen LogP contribution in [-0.2, 0) is 4.79 Å². The Morgan fingerprint density at radius 3 is 2.62 bits per heavy atom. The molecule has 1 aromatic heterocycles. The summed E-state index contributed by atoms with van der Waals surface area (Å²) in [5, 5.41) is 14.1. The maximum atomic E-state index is 12.1. The van der Waals surface area contributed by atoms with Crippen molar-refractivity contribution < 1.29 is 9.72 Å². The van der Waals surface area contributed by atoms with Gasteiger partial charge < -0.3 is 15.1 Å². The van der Waals surface area contributed by atoms with E-state index in [9.17, 15) is 14.9 Å². The average Bonchev–Trinajstić information content (AvgIpc) is 2.45. The largest absolute Gasteiger partial charge is 0.347 e. The van der Waals surface area contributed by atoms with E-state index >= 15 is 0 Å². The third-order valence-corrected chi connectivity index (χ3v) is 3.98. The van der Waals surface area contributed by atoms with Gasteiger partial charge in [0.25, 0.3) is 0 Å². The second-order valence-corrected chi connectivity index (χ2v) is 5.27. The van der Waals surface area contributed by atoms with Gasteiger partial charge in [0.1, 0.15) is 0 Å². The summed E-state index contributed by atoms with van der Waals surface area (Å²) >= 11 is 0. The number of amides is 1. The van der Waals surface area contributed by atoms with E-state index < -0.39 is 4.92 Å². The van der Waals surface area contributed by atoms with Crippen LogP contribution >= 0.6 is 0 Å². The minimum Gasteiger partial charge on any atom is -0.347 e. The summed E-state index contributed by atoms with van der Waals surface area (Å²) in [4.78, 5) is 30.6. The summed E-state index contributed by atoms with van der Waals surface area (Å²) in [6.07, 6.45) is 1.56. The highest BCUT2D eigenvalue weighted by Crippen LogP contribution is 2.26. The molecule has 0 bridgehead atoms. The van der Waals surface area contributed by atoms with Crippen LogP contribution in [0.15, 0.2) is 18.3 Å². The number of nitrogens with zero attached hydrogens (tertiary/aromatic N) is 4. The van der Waals surface area contributed by atoms with Crippen molar-refractivity contribution in [3.05, 3.63) is 28.4 Å². The predicted octanol–water partition coefficient (Wildman–Crippen LogP) is -0.142. The van der Waals surface area contributed by atoms with Gasteiger partial charge >= 0.3 is 5.69 Å². The SMILES string of the molecule is O=C(C1CNC1)N1CCN(c2ncccc2[N+](=O)[O-])CC1. The van der Waals surface area contributed by atoms with E-state index in [1.54, 1.807) is 12.3 Å². The molecule has 1 N–H and O–H groups in total. The zero-order valence-electron chi connectivity index (χ0n) is 11.6. The van der Waals surface area contributed by atoms with E-state index in [0.717, 1.165) is 13.1 Å². The average molecular weight is 291 g/mol. The van der Waals surface area contributed by atoms with E-state index in [0.29, 0.717) is 32.0 Å². The van der Waals surface area contributed by atoms with Crippen LogP contribution in [0.5, 0.6) is 0 Å². The fraction of sp³-hybridized carbons (Fsp3) is 0.538. The zero-order chi connectivity index (χ0) is 14.8. The van der Waals surface area contributed by atoms with Crippen LogP contribution in [0.25, 0.3) is 0 Å². The number of carbonyl (C=O) groups excluding carboxylic acids is 1. The molecule has 3 heterocycles. The molecular formula is C13H17N5O3. The van der Waals surface area contributed by atoms with E-state index in [1.165, 1.54) is 6.07 Å². The fourth-order valence-corrected chi connectivity index (χ4v) is 2.63. The summed E-state index contributed by atoms with van der Waals surface area (Å²) in [5.41, 5.74) is 0.0143. The number of hydrogen-bond donors (Lipinski definition) is 1. The van der Waals surface area contributed by atoms with E-state index in [4.69, 9.17) is 0 Å². The third-order valence-electron chi connectivity index (χ3n) is 3.98. The lowest BCUT2D eigenvalue weighted by molar-refractivity contribution is -0.384. The molecule has 21 heavy (non-hydrogen) atoms. The lowest BCUT2D eigenvalue weighted by atomic mass is 10.0. The number of pyridine rings is 1. The molecule has 0 aliphatic carbocycles.